The van der Waals surface area contributed by atoms with Gasteiger partial charge in [0.25, 0.3) is 0 Å². The van der Waals surface area contributed by atoms with Crippen molar-refractivity contribution >= 4 is 11.8 Å². The van der Waals surface area contributed by atoms with Crippen LogP contribution in [0, 0.1) is 6.92 Å². The van der Waals surface area contributed by atoms with Gasteiger partial charge in [-0.05, 0) is 14.0 Å². The van der Waals surface area contributed by atoms with Gasteiger partial charge in [0.1, 0.15) is 5.82 Å². The molecule has 1 aliphatic heterocycles. The van der Waals surface area contributed by atoms with Crippen LogP contribution < -0.4 is 5.32 Å². The zero-order valence-corrected chi connectivity index (χ0v) is 8.74. The summed E-state index contributed by atoms with van der Waals surface area (Å²) in [6.07, 6.45) is 0. The molecule has 0 atom stereocenters. The Kier molecular flexibility index (Phi) is 2.51. The molecule has 70 valence electrons. The largest absolute Gasteiger partial charge is 0.314 e. The molecule has 0 fully saturated rings. The van der Waals surface area contributed by atoms with Gasteiger partial charge in [-0.25, -0.2) is 9.97 Å². The van der Waals surface area contributed by atoms with Crippen molar-refractivity contribution in [1.82, 2.24) is 15.3 Å². The summed E-state index contributed by atoms with van der Waals surface area (Å²) in [5.74, 6) is 3.02. The normalized spacial score (nSPS) is 14.6. The Bertz CT molecular complexity index is 325. The van der Waals surface area contributed by atoms with E-state index in [4.69, 9.17) is 0 Å². The average molecular weight is 195 g/mol. The summed E-state index contributed by atoms with van der Waals surface area (Å²) in [7, 11) is 1.95. The minimum absolute atomic E-state index is 0.853. The van der Waals surface area contributed by atoms with E-state index in [1.165, 1.54) is 17.0 Å². The predicted octanol–water partition coefficient (Wildman–Crippen LogP) is 1.25. The maximum Gasteiger partial charge on any atom is 0.125 e. The van der Waals surface area contributed by atoms with E-state index in [0.29, 0.717) is 0 Å². The van der Waals surface area contributed by atoms with Crippen LogP contribution in [0.5, 0.6) is 0 Å². The lowest BCUT2D eigenvalue weighted by Gasteiger charge is -2.06. The van der Waals surface area contributed by atoms with Gasteiger partial charge in [-0.1, -0.05) is 0 Å². The number of aromatic nitrogens is 2. The van der Waals surface area contributed by atoms with Crippen molar-refractivity contribution in [2.45, 2.75) is 25.0 Å². The lowest BCUT2D eigenvalue weighted by Crippen LogP contribution is -2.11. The summed E-state index contributed by atoms with van der Waals surface area (Å²) in [5.41, 5.74) is 3.77. The van der Waals surface area contributed by atoms with E-state index in [9.17, 15) is 0 Å². The van der Waals surface area contributed by atoms with Crippen LogP contribution in [-0.2, 0) is 18.1 Å². The van der Waals surface area contributed by atoms with Gasteiger partial charge in [-0.2, -0.15) is 11.8 Å². The third-order valence-corrected chi connectivity index (χ3v) is 3.09. The topological polar surface area (TPSA) is 37.8 Å². The first kappa shape index (κ1) is 8.97. The van der Waals surface area contributed by atoms with Crippen molar-refractivity contribution in [3.05, 3.63) is 22.8 Å². The molecule has 0 bridgehead atoms. The fourth-order valence-corrected chi connectivity index (χ4v) is 2.64. The number of nitrogens with one attached hydrogen (secondary N) is 1. The van der Waals surface area contributed by atoms with Crippen molar-refractivity contribution < 1.29 is 0 Å². The van der Waals surface area contributed by atoms with Gasteiger partial charge in [0.15, 0.2) is 0 Å². The number of aryl methyl sites for hydroxylation is 1. The molecule has 4 heteroatoms. The smallest absolute Gasteiger partial charge is 0.125 e. The van der Waals surface area contributed by atoms with Crippen LogP contribution in [0.2, 0.25) is 0 Å². The summed E-state index contributed by atoms with van der Waals surface area (Å²) in [6, 6.07) is 0. The average Bonchev–Trinajstić information content (AvgIpc) is 2.52. The SMILES string of the molecule is CNCc1nc(C)nc2c1CSC2. The van der Waals surface area contributed by atoms with E-state index in [0.717, 1.165) is 23.9 Å². The van der Waals surface area contributed by atoms with Gasteiger partial charge >= 0.3 is 0 Å². The molecule has 0 saturated heterocycles. The Morgan fingerprint density at radius 3 is 3.00 bits per heavy atom. The molecule has 0 amide bonds. The maximum absolute atomic E-state index is 4.45. The van der Waals surface area contributed by atoms with E-state index >= 15 is 0 Å². The Morgan fingerprint density at radius 2 is 2.23 bits per heavy atom. The van der Waals surface area contributed by atoms with Crippen molar-refractivity contribution in [2.75, 3.05) is 7.05 Å². The quantitative estimate of drug-likeness (QED) is 0.770. The standard InChI is InChI=1S/C9H13N3S/c1-6-11-8(3-10-2)7-4-13-5-9(7)12-6/h10H,3-5H2,1-2H3. The molecule has 0 aliphatic carbocycles. The molecule has 0 spiro atoms. The zero-order valence-electron chi connectivity index (χ0n) is 7.92. The minimum Gasteiger partial charge on any atom is -0.314 e. The van der Waals surface area contributed by atoms with Gasteiger partial charge in [0.05, 0.1) is 11.4 Å². The van der Waals surface area contributed by atoms with Crippen LogP contribution in [-0.4, -0.2) is 17.0 Å². The number of fused-ring (bicyclic) bond motifs is 1. The first-order valence-corrected chi connectivity index (χ1v) is 5.54. The highest BCUT2D eigenvalue weighted by Gasteiger charge is 2.17. The van der Waals surface area contributed by atoms with E-state index in [1.54, 1.807) is 0 Å². The van der Waals surface area contributed by atoms with Crippen molar-refractivity contribution in [2.24, 2.45) is 0 Å². The first-order valence-electron chi connectivity index (χ1n) is 4.39. The molecular weight excluding hydrogens is 182 g/mol. The summed E-state index contributed by atoms with van der Waals surface area (Å²) >= 11 is 1.92. The number of thioether (sulfide) groups is 1. The molecule has 1 aliphatic rings. The molecule has 0 radical (unpaired) electrons. The van der Waals surface area contributed by atoms with E-state index in [2.05, 4.69) is 15.3 Å². The van der Waals surface area contributed by atoms with Crippen LogP contribution in [0.4, 0.5) is 0 Å². The van der Waals surface area contributed by atoms with Gasteiger partial charge in [0, 0.05) is 23.6 Å². The first-order chi connectivity index (χ1) is 6.31. The highest BCUT2D eigenvalue weighted by atomic mass is 32.2. The monoisotopic (exact) mass is 195 g/mol. The fraction of sp³-hybridized carbons (Fsp3) is 0.556. The Morgan fingerprint density at radius 1 is 1.38 bits per heavy atom. The Balaban J connectivity index is 2.43. The third-order valence-electron chi connectivity index (χ3n) is 2.12. The summed E-state index contributed by atoms with van der Waals surface area (Å²) in [6.45, 7) is 2.81. The molecule has 1 aromatic rings. The third kappa shape index (κ3) is 1.69. The van der Waals surface area contributed by atoms with Crippen molar-refractivity contribution in [3.63, 3.8) is 0 Å². The maximum atomic E-state index is 4.45. The van der Waals surface area contributed by atoms with E-state index in [-0.39, 0.29) is 0 Å². The van der Waals surface area contributed by atoms with Crippen LogP contribution in [0.3, 0.4) is 0 Å². The summed E-state index contributed by atoms with van der Waals surface area (Å²) < 4.78 is 0. The van der Waals surface area contributed by atoms with Crippen molar-refractivity contribution in [3.8, 4) is 0 Å². The Hall–Kier alpha value is -0.610. The van der Waals surface area contributed by atoms with Gasteiger partial charge < -0.3 is 5.32 Å². The number of hydrogen-bond donors (Lipinski definition) is 1. The Labute approximate surface area is 82.4 Å². The van der Waals surface area contributed by atoms with Crippen LogP contribution in [0.25, 0.3) is 0 Å². The van der Waals surface area contributed by atoms with E-state index < -0.39 is 0 Å². The number of nitrogens with zero attached hydrogens (tertiary/aromatic N) is 2. The highest BCUT2D eigenvalue weighted by molar-refractivity contribution is 7.98. The van der Waals surface area contributed by atoms with Crippen LogP contribution in [0.15, 0.2) is 0 Å². The fourth-order valence-electron chi connectivity index (χ4n) is 1.57. The van der Waals surface area contributed by atoms with Gasteiger partial charge in [0.2, 0.25) is 0 Å². The number of hydrogen-bond acceptors (Lipinski definition) is 4. The molecule has 3 nitrogen and oxygen atoms in total. The molecule has 0 aromatic carbocycles. The molecule has 2 heterocycles. The zero-order chi connectivity index (χ0) is 9.26. The minimum atomic E-state index is 0.853. The van der Waals surface area contributed by atoms with Gasteiger partial charge in [-0.3, -0.25) is 0 Å². The molecule has 1 aromatic heterocycles. The van der Waals surface area contributed by atoms with E-state index in [1.807, 2.05) is 25.7 Å². The number of rotatable bonds is 2. The lowest BCUT2D eigenvalue weighted by atomic mass is 10.2. The molecule has 0 saturated carbocycles. The molecule has 13 heavy (non-hydrogen) atoms. The lowest BCUT2D eigenvalue weighted by molar-refractivity contribution is 0.764. The second-order valence-corrected chi connectivity index (χ2v) is 4.15. The highest BCUT2D eigenvalue weighted by Crippen LogP contribution is 2.29. The van der Waals surface area contributed by atoms with Crippen LogP contribution >= 0.6 is 11.8 Å². The second-order valence-electron chi connectivity index (χ2n) is 3.17. The summed E-state index contributed by atoms with van der Waals surface area (Å²) in [5, 5.41) is 3.14. The molecule has 2 rings (SSSR count). The molecular formula is C9H13N3S. The van der Waals surface area contributed by atoms with Crippen molar-refractivity contribution in [1.29, 1.82) is 0 Å². The van der Waals surface area contributed by atoms with Gasteiger partial charge in [-0.15, -0.1) is 0 Å². The predicted molar refractivity (Wildman–Crippen MR) is 54.5 cm³/mol. The summed E-state index contributed by atoms with van der Waals surface area (Å²) in [4.78, 5) is 8.88. The second kappa shape index (κ2) is 3.64. The molecule has 1 N–H and O–H groups in total. The molecule has 0 unspecified atom stereocenters. The van der Waals surface area contributed by atoms with Crippen LogP contribution in [0.1, 0.15) is 22.8 Å².